The lowest BCUT2D eigenvalue weighted by Crippen LogP contribution is -2.37. The Morgan fingerprint density at radius 2 is 2.17 bits per heavy atom. The molecule has 0 aromatic heterocycles. The van der Waals surface area contributed by atoms with Crippen LogP contribution in [0.1, 0.15) is 26.3 Å². The molecule has 0 spiro atoms. The fourth-order valence-corrected chi connectivity index (χ4v) is 1.64. The van der Waals surface area contributed by atoms with Crippen molar-refractivity contribution in [1.82, 2.24) is 5.32 Å². The number of hydrogen-bond donors (Lipinski definition) is 1. The van der Waals surface area contributed by atoms with Gasteiger partial charge in [-0.05, 0) is 24.6 Å². The number of ether oxygens (including phenoxy) is 1. The van der Waals surface area contributed by atoms with Gasteiger partial charge < -0.3 is 10.1 Å². The van der Waals surface area contributed by atoms with E-state index in [1.807, 2.05) is 19.9 Å². The van der Waals surface area contributed by atoms with Crippen molar-refractivity contribution in [2.75, 3.05) is 13.7 Å². The van der Waals surface area contributed by atoms with Gasteiger partial charge in [0, 0.05) is 12.0 Å². The van der Waals surface area contributed by atoms with Gasteiger partial charge in [0.2, 0.25) is 0 Å². The van der Waals surface area contributed by atoms with Gasteiger partial charge in [-0.2, -0.15) is 5.26 Å². The Morgan fingerprint density at radius 1 is 1.50 bits per heavy atom. The highest BCUT2D eigenvalue weighted by molar-refractivity contribution is 5.33. The maximum Gasteiger partial charge on any atom is 0.165 e. The quantitative estimate of drug-likeness (QED) is 0.873. The van der Waals surface area contributed by atoms with Crippen LogP contribution in [0.3, 0.4) is 0 Å². The lowest BCUT2D eigenvalue weighted by Gasteiger charge is -2.26. The summed E-state index contributed by atoms with van der Waals surface area (Å²) in [5.74, 6) is -0.121. The highest BCUT2D eigenvalue weighted by Crippen LogP contribution is 2.27. The molecule has 18 heavy (non-hydrogen) atoms. The molecule has 1 N–H and O–H groups in total. The van der Waals surface area contributed by atoms with Gasteiger partial charge in [0.05, 0.1) is 19.2 Å². The first-order chi connectivity index (χ1) is 8.40. The molecule has 98 valence electrons. The third-order valence-corrected chi connectivity index (χ3v) is 2.98. The molecular weight excluding hydrogens is 231 g/mol. The van der Waals surface area contributed by atoms with Crippen LogP contribution >= 0.6 is 0 Å². The predicted molar refractivity (Wildman–Crippen MR) is 69.1 cm³/mol. The third kappa shape index (κ3) is 3.44. The van der Waals surface area contributed by atoms with E-state index in [1.165, 1.54) is 13.2 Å². The SMILES string of the molecule is COc1ccc(C(C)(C)CNC(C)C#N)cc1F. The highest BCUT2D eigenvalue weighted by Gasteiger charge is 2.22. The molecule has 1 aromatic carbocycles. The number of nitrogens with zero attached hydrogens (tertiary/aromatic N) is 1. The van der Waals surface area contributed by atoms with Crippen molar-refractivity contribution >= 4 is 0 Å². The van der Waals surface area contributed by atoms with Crippen molar-refractivity contribution in [3.63, 3.8) is 0 Å². The van der Waals surface area contributed by atoms with E-state index in [0.717, 1.165) is 5.56 Å². The fourth-order valence-electron chi connectivity index (χ4n) is 1.64. The van der Waals surface area contributed by atoms with Crippen LogP contribution in [-0.2, 0) is 5.41 Å². The van der Waals surface area contributed by atoms with Crippen LogP contribution in [0.15, 0.2) is 18.2 Å². The van der Waals surface area contributed by atoms with Gasteiger partial charge >= 0.3 is 0 Å². The second-order valence-electron chi connectivity index (χ2n) is 4.96. The Morgan fingerprint density at radius 3 is 2.67 bits per heavy atom. The van der Waals surface area contributed by atoms with Crippen molar-refractivity contribution < 1.29 is 9.13 Å². The number of nitrogens with one attached hydrogen (secondary N) is 1. The molecule has 3 nitrogen and oxygen atoms in total. The minimum atomic E-state index is -0.364. The van der Waals surface area contributed by atoms with Crippen molar-refractivity contribution in [1.29, 1.82) is 5.26 Å². The van der Waals surface area contributed by atoms with E-state index >= 15 is 0 Å². The number of methoxy groups -OCH3 is 1. The van der Waals surface area contributed by atoms with Gasteiger partial charge in [0.15, 0.2) is 11.6 Å². The van der Waals surface area contributed by atoms with E-state index < -0.39 is 0 Å². The van der Waals surface area contributed by atoms with E-state index in [-0.39, 0.29) is 23.0 Å². The lowest BCUT2D eigenvalue weighted by atomic mass is 9.84. The molecule has 0 aliphatic carbocycles. The minimum absolute atomic E-state index is 0.215. The molecule has 4 heteroatoms. The summed E-state index contributed by atoms with van der Waals surface area (Å²) in [5.41, 5.74) is 0.622. The molecule has 0 saturated carbocycles. The summed E-state index contributed by atoms with van der Waals surface area (Å²) in [6.07, 6.45) is 0. The molecule has 0 bridgehead atoms. The number of nitriles is 1. The van der Waals surface area contributed by atoms with Gasteiger partial charge in [-0.3, -0.25) is 0 Å². The van der Waals surface area contributed by atoms with Gasteiger partial charge in [0.1, 0.15) is 0 Å². The molecule has 1 unspecified atom stereocenters. The van der Waals surface area contributed by atoms with Crippen LogP contribution in [-0.4, -0.2) is 19.7 Å². The zero-order valence-electron chi connectivity index (χ0n) is 11.2. The van der Waals surface area contributed by atoms with E-state index in [0.29, 0.717) is 6.54 Å². The van der Waals surface area contributed by atoms with E-state index in [1.54, 1.807) is 13.0 Å². The average molecular weight is 250 g/mol. The van der Waals surface area contributed by atoms with Crippen molar-refractivity contribution in [3.8, 4) is 11.8 Å². The summed E-state index contributed by atoms with van der Waals surface area (Å²) in [6, 6.07) is 6.85. The van der Waals surface area contributed by atoms with Crippen molar-refractivity contribution in [3.05, 3.63) is 29.6 Å². The molecule has 1 atom stereocenters. The Labute approximate surface area is 108 Å². The smallest absolute Gasteiger partial charge is 0.165 e. The molecule has 0 aliphatic heterocycles. The lowest BCUT2D eigenvalue weighted by molar-refractivity contribution is 0.383. The van der Waals surface area contributed by atoms with Crippen LogP contribution in [0.4, 0.5) is 4.39 Å². The topological polar surface area (TPSA) is 45.0 Å². The molecule has 0 amide bonds. The fraction of sp³-hybridized carbons (Fsp3) is 0.500. The number of benzene rings is 1. The maximum absolute atomic E-state index is 13.6. The normalized spacial score (nSPS) is 12.9. The molecule has 0 fully saturated rings. The van der Waals surface area contributed by atoms with Gasteiger partial charge in [-0.1, -0.05) is 19.9 Å². The Kier molecular flexibility index (Phi) is 4.69. The van der Waals surface area contributed by atoms with Crippen LogP contribution < -0.4 is 10.1 Å². The molecule has 0 radical (unpaired) electrons. The highest BCUT2D eigenvalue weighted by atomic mass is 19.1. The number of rotatable bonds is 5. The summed E-state index contributed by atoms with van der Waals surface area (Å²) in [7, 11) is 1.44. The average Bonchev–Trinajstić information content (AvgIpc) is 2.35. The molecule has 1 rings (SSSR count). The van der Waals surface area contributed by atoms with Crippen molar-refractivity contribution in [2.45, 2.75) is 32.2 Å². The summed E-state index contributed by atoms with van der Waals surface area (Å²) >= 11 is 0. The second-order valence-corrected chi connectivity index (χ2v) is 4.96. The monoisotopic (exact) mass is 250 g/mol. The largest absolute Gasteiger partial charge is 0.494 e. The van der Waals surface area contributed by atoms with Crippen LogP contribution in [0, 0.1) is 17.1 Å². The minimum Gasteiger partial charge on any atom is -0.494 e. The number of hydrogen-bond acceptors (Lipinski definition) is 3. The standard InChI is InChI=1S/C14H19FN2O/c1-10(8-16)17-9-14(2,3)11-5-6-13(18-4)12(15)7-11/h5-7,10,17H,9H2,1-4H3. The summed E-state index contributed by atoms with van der Waals surface area (Å²) in [6.45, 7) is 6.41. The molecule has 0 aliphatic rings. The third-order valence-electron chi connectivity index (χ3n) is 2.98. The van der Waals surface area contributed by atoms with Crippen LogP contribution in [0.2, 0.25) is 0 Å². The first-order valence-electron chi connectivity index (χ1n) is 5.87. The van der Waals surface area contributed by atoms with E-state index in [4.69, 9.17) is 10.00 Å². The number of halogens is 1. The predicted octanol–water partition coefficient (Wildman–Crippen LogP) is 2.61. The van der Waals surface area contributed by atoms with E-state index in [9.17, 15) is 4.39 Å². The summed E-state index contributed by atoms with van der Waals surface area (Å²) in [4.78, 5) is 0. The zero-order chi connectivity index (χ0) is 13.8. The zero-order valence-corrected chi connectivity index (χ0v) is 11.2. The molecular formula is C14H19FN2O. The van der Waals surface area contributed by atoms with Gasteiger partial charge in [0.25, 0.3) is 0 Å². The molecule has 0 heterocycles. The van der Waals surface area contributed by atoms with Crippen molar-refractivity contribution in [2.24, 2.45) is 0 Å². The second kappa shape index (κ2) is 5.83. The Balaban J connectivity index is 2.85. The van der Waals surface area contributed by atoms with Crippen LogP contribution in [0.5, 0.6) is 5.75 Å². The maximum atomic E-state index is 13.6. The molecule has 0 saturated heterocycles. The van der Waals surface area contributed by atoms with Crippen LogP contribution in [0.25, 0.3) is 0 Å². The first-order valence-corrected chi connectivity index (χ1v) is 5.87. The van der Waals surface area contributed by atoms with Gasteiger partial charge in [-0.15, -0.1) is 0 Å². The molecule has 1 aromatic rings. The Bertz CT molecular complexity index is 452. The first kappa shape index (κ1) is 14.5. The summed E-state index contributed by atoms with van der Waals surface area (Å²) < 4.78 is 18.5. The van der Waals surface area contributed by atoms with E-state index in [2.05, 4.69) is 11.4 Å². The summed E-state index contributed by atoms with van der Waals surface area (Å²) in [5, 5.41) is 11.8. The Hall–Kier alpha value is -1.60. The van der Waals surface area contributed by atoms with Gasteiger partial charge in [-0.25, -0.2) is 4.39 Å².